The largest absolute Gasteiger partial charge is 0.366 e. The standard InChI is InChI=1S/C20H27FN6/c1-2-24-9-11-26(12-10-24)19-7-8-22-20(23-19)27-15-13-25(14-16-27)18-6-4-3-5-17(18)21/h3-8H,2,9-16H2,1H3. The Balaban J connectivity index is 1.40. The lowest BCUT2D eigenvalue weighted by Gasteiger charge is -2.37. The van der Waals surface area contributed by atoms with Crippen molar-refractivity contribution < 1.29 is 4.39 Å². The Morgan fingerprint density at radius 2 is 1.52 bits per heavy atom. The number of halogens is 1. The number of hydrogen-bond donors (Lipinski definition) is 0. The van der Waals surface area contributed by atoms with Gasteiger partial charge in [-0.2, -0.15) is 4.98 Å². The Hall–Kier alpha value is -2.41. The molecular formula is C20H27FN6. The first-order chi connectivity index (χ1) is 13.2. The molecule has 2 aromatic rings. The first-order valence-corrected chi connectivity index (χ1v) is 9.79. The van der Waals surface area contributed by atoms with Crippen LogP contribution in [0.1, 0.15) is 6.92 Å². The lowest BCUT2D eigenvalue weighted by molar-refractivity contribution is 0.270. The maximum Gasteiger partial charge on any atom is 0.227 e. The molecule has 144 valence electrons. The summed E-state index contributed by atoms with van der Waals surface area (Å²) >= 11 is 0. The van der Waals surface area contributed by atoms with E-state index < -0.39 is 0 Å². The summed E-state index contributed by atoms with van der Waals surface area (Å²) in [7, 11) is 0. The molecule has 0 saturated carbocycles. The van der Waals surface area contributed by atoms with Crippen LogP contribution in [0.4, 0.5) is 21.8 Å². The number of anilines is 3. The van der Waals surface area contributed by atoms with Crippen molar-refractivity contribution in [3.63, 3.8) is 0 Å². The maximum absolute atomic E-state index is 14.0. The SMILES string of the molecule is CCN1CCN(c2ccnc(N3CCN(c4ccccc4F)CC3)n2)CC1. The van der Waals surface area contributed by atoms with E-state index in [1.54, 1.807) is 6.07 Å². The maximum atomic E-state index is 14.0. The van der Waals surface area contributed by atoms with Crippen LogP contribution in [0.15, 0.2) is 36.5 Å². The number of nitrogens with zero attached hydrogens (tertiary/aromatic N) is 6. The number of rotatable bonds is 4. The second-order valence-corrected chi connectivity index (χ2v) is 7.06. The zero-order valence-corrected chi connectivity index (χ0v) is 15.9. The Morgan fingerprint density at radius 1 is 0.852 bits per heavy atom. The number of likely N-dealkylation sites (N-methyl/N-ethyl adjacent to an activating group) is 1. The van der Waals surface area contributed by atoms with Crippen LogP contribution in [0.2, 0.25) is 0 Å². The van der Waals surface area contributed by atoms with Crippen molar-refractivity contribution in [3.05, 3.63) is 42.3 Å². The van der Waals surface area contributed by atoms with E-state index in [1.165, 1.54) is 6.07 Å². The summed E-state index contributed by atoms with van der Waals surface area (Å²) in [5, 5.41) is 0. The zero-order valence-electron chi connectivity index (χ0n) is 15.9. The second kappa shape index (κ2) is 8.08. The van der Waals surface area contributed by atoms with Crippen LogP contribution >= 0.6 is 0 Å². The number of aromatic nitrogens is 2. The molecule has 0 spiro atoms. The highest BCUT2D eigenvalue weighted by Gasteiger charge is 2.22. The molecule has 1 aromatic carbocycles. The van der Waals surface area contributed by atoms with E-state index in [0.717, 1.165) is 70.7 Å². The third-order valence-corrected chi connectivity index (χ3v) is 5.53. The molecule has 2 aliphatic heterocycles. The molecule has 3 heterocycles. The van der Waals surface area contributed by atoms with Gasteiger partial charge >= 0.3 is 0 Å². The van der Waals surface area contributed by atoms with Crippen molar-refractivity contribution in [2.24, 2.45) is 0 Å². The topological polar surface area (TPSA) is 38.7 Å². The van der Waals surface area contributed by atoms with Crippen LogP contribution in [0.5, 0.6) is 0 Å². The van der Waals surface area contributed by atoms with E-state index in [0.29, 0.717) is 5.69 Å². The van der Waals surface area contributed by atoms with Gasteiger partial charge in [-0.25, -0.2) is 9.37 Å². The Bertz CT molecular complexity index is 754. The summed E-state index contributed by atoms with van der Waals surface area (Å²) in [6.07, 6.45) is 1.85. The van der Waals surface area contributed by atoms with Gasteiger partial charge in [-0.15, -0.1) is 0 Å². The highest BCUT2D eigenvalue weighted by Crippen LogP contribution is 2.22. The molecule has 0 aliphatic carbocycles. The minimum absolute atomic E-state index is 0.157. The number of benzene rings is 1. The highest BCUT2D eigenvalue weighted by molar-refractivity contribution is 5.50. The van der Waals surface area contributed by atoms with Gasteiger partial charge in [0, 0.05) is 58.6 Å². The van der Waals surface area contributed by atoms with Crippen LogP contribution in [-0.4, -0.2) is 73.8 Å². The lowest BCUT2D eigenvalue weighted by atomic mass is 10.2. The van der Waals surface area contributed by atoms with Crippen LogP contribution in [0.3, 0.4) is 0 Å². The van der Waals surface area contributed by atoms with Crippen molar-refractivity contribution in [2.45, 2.75) is 6.92 Å². The van der Waals surface area contributed by atoms with Gasteiger partial charge in [0.15, 0.2) is 0 Å². The Morgan fingerprint density at radius 3 is 2.22 bits per heavy atom. The summed E-state index contributed by atoms with van der Waals surface area (Å²) in [6, 6.07) is 8.98. The van der Waals surface area contributed by atoms with E-state index in [1.807, 2.05) is 24.4 Å². The van der Waals surface area contributed by atoms with Gasteiger partial charge in [0.05, 0.1) is 5.69 Å². The van der Waals surface area contributed by atoms with Crippen LogP contribution in [0, 0.1) is 5.82 Å². The van der Waals surface area contributed by atoms with E-state index in [4.69, 9.17) is 4.98 Å². The number of hydrogen-bond acceptors (Lipinski definition) is 6. The fourth-order valence-corrected chi connectivity index (χ4v) is 3.82. The van der Waals surface area contributed by atoms with E-state index in [2.05, 4.69) is 31.5 Å². The van der Waals surface area contributed by atoms with Crippen molar-refractivity contribution in [2.75, 3.05) is 73.6 Å². The third-order valence-electron chi connectivity index (χ3n) is 5.53. The summed E-state index contributed by atoms with van der Waals surface area (Å²) in [5.41, 5.74) is 0.681. The average molecular weight is 370 g/mol. The van der Waals surface area contributed by atoms with Crippen molar-refractivity contribution >= 4 is 17.5 Å². The molecule has 27 heavy (non-hydrogen) atoms. The van der Waals surface area contributed by atoms with E-state index in [-0.39, 0.29) is 5.82 Å². The molecule has 0 bridgehead atoms. The smallest absolute Gasteiger partial charge is 0.227 e. The molecule has 0 amide bonds. The molecular weight excluding hydrogens is 343 g/mol. The molecule has 0 N–H and O–H groups in total. The minimum Gasteiger partial charge on any atom is -0.366 e. The van der Waals surface area contributed by atoms with E-state index >= 15 is 0 Å². The summed E-state index contributed by atoms with van der Waals surface area (Å²) in [5.74, 6) is 1.63. The third kappa shape index (κ3) is 3.98. The van der Waals surface area contributed by atoms with Gasteiger partial charge in [0.25, 0.3) is 0 Å². The lowest BCUT2D eigenvalue weighted by Crippen LogP contribution is -2.48. The normalized spacial score (nSPS) is 18.8. The van der Waals surface area contributed by atoms with Crippen LogP contribution in [-0.2, 0) is 0 Å². The average Bonchev–Trinajstić information content (AvgIpc) is 2.74. The number of piperazine rings is 2. The van der Waals surface area contributed by atoms with Crippen LogP contribution < -0.4 is 14.7 Å². The zero-order chi connectivity index (χ0) is 18.6. The monoisotopic (exact) mass is 370 g/mol. The van der Waals surface area contributed by atoms with Crippen molar-refractivity contribution in [1.82, 2.24) is 14.9 Å². The molecule has 0 unspecified atom stereocenters. The molecule has 0 radical (unpaired) electrons. The first-order valence-electron chi connectivity index (χ1n) is 9.79. The summed E-state index contributed by atoms with van der Waals surface area (Å²) in [4.78, 5) is 18.4. The quantitative estimate of drug-likeness (QED) is 0.821. The molecule has 2 aliphatic rings. The molecule has 6 nitrogen and oxygen atoms in total. The fraction of sp³-hybridized carbons (Fsp3) is 0.500. The molecule has 2 saturated heterocycles. The number of para-hydroxylation sites is 1. The van der Waals surface area contributed by atoms with Crippen LogP contribution in [0.25, 0.3) is 0 Å². The van der Waals surface area contributed by atoms with E-state index in [9.17, 15) is 4.39 Å². The van der Waals surface area contributed by atoms with Gasteiger partial charge in [0.2, 0.25) is 5.95 Å². The molecule has 1 aromatic heterocycles. The molecule has 0 atom stereocenters. The molecule has 4 rings (SSSR count). The Kier molecular flexibility index (Phi) is 5.38. The van der Waals surface area contributed by atoms with Crippen molar-refractivity contribution in [1.29, 1.82) is 0 Å². The molecule has 2 fully saturated rings. The Labute approximate surface area is 160 Å². The predicted molar refractivity (Wildman–Crippen MR) is 107 cm³/mol. The van der Waals surface area contributed by atoms with Gasteiger partial charge in [-0.3, -0.25) is 0 Å². The van der Waals surface area contributed by atoms with Gasteiger partial charge < -0.3 is 19.6 Å². The summed E-state index contributed by atoms with van der Waals surface area (Å²) < 4.78 is 14.0. The summed E-state index contributed by atoms with van der Waals surface area (Å²) in [6.45, 7) is 10.6. The van der Waals surface area contributed by atoms with Gasteiger partial charge in [-0.05, 0) is 24.7 Å². The van der Waals surface area contributed by atoms with Gasteiger partial charge in [-0.1, -0.05) is 19.1 Å². The van der Waals surface area contributed by atoms with Crippen molar-refractivity contribution in [3.8, 4) is 0 Å². The first kappa shape index (κ1) is 18.0. The fourth-order valence-electron chi connectivity index (χ4n) is 3.82. The highest BCUT2D eigenvalue weighted by atomic mass is 19.1. The second-order valence-electron chi connectivity index (χ2n) is 7.06. The van der Waals surface area contributed by atoms with Gasteiger partial charge in [0.1, 0.15) is 11.6 Å². The predicted octanol–water partition coefficient (Wildman–Crippen LogP) is 2.08. The minimum atomic E-state index is -0.157. The molecule has 7 heteroatoms.